The SMILES string of the molecule is CCC1CCCCN1c1ccnc(Nc2ccc(OC)cc2)n1. The fraction of sp³-hybridized carbons (Fsp3) is 0.444. The summed E-state index contributed by atoms with van der Waals surface area (Å²) in [7, 11) is 1.66. The van der Waals surface area contributed by atoms with Crippen molar-refractivity contribution < 1.29 is 4.74 Å². The molecular formula is C18H24N4O. The van der Waals surface area contributed by atoms with Gasteiger partial charge in [-0.05, 0) is 56.0 Å². The fourth-order valence-corrected chi connectivity index (χ4v) is 3.10. The van der Waals surface area contributed by atoms with Crippen LogP contribution in [0.3, 0.4) is 0 Å². The van der Waals surface area contributed by atoms with E-state index < -0.39 is 0 Å². The van der Waals surface area contributed by atoms with Gasteiger partial charge in [0.15, 0.2) is 0 Å². The normalized spacial score (nSPS) is 17.8. The molecular weight excluding hydrogens is 288 g/mol. The highest BCUT2D eigenvalue weighted by Crippen LogP contribution is 2.26. The molecule has 2 heterocycles. The van der Waals surface area contributed by atoms with Crippen LogP contribution >= 0.6 is 0 Å². The third-order valence-corrected chi connectivity index (χ3v) is 4.38. The monoisotopic (exact) mass is 312 g/mol. The number of anilines is 3. The minimum Gasteiger partial charge on any atom is -0.497 e. The smallest absolute Gasteiger partial charge is 0.229 e. The number of aromatic nitrogens is 2. The van der Waals surface area contributed by atoms with E-state index >= 15 is 0 Å². The predicted octanol–water partition coefficient (Wildman–Crippen LogP) is 4.00. The van der Waals surface area contributed by atoms with Crippen LogP contribution in [0.15, 0.2) is 36.5 Å². The Morgan fingerprint density at radius 2 is 2.04 bits per heavy atom. The molecule has 0 aliphatic carbocycles. The number of piperidine rings is 1. The van der Waals surface area contributed by atoms with E-state index in [0.717, 1.165) is 30.2 Å². The molecule has 1 aliphatic rings. The zero-order valence-corrected chi connectivity index (χ0v) is 13.8. The van der Waals surface area contributed by atoms with Crippen LogP contribution in [0, 0.1) is 0 Å². The van der Waals surface area contributed by atoms with Gasteiger partial charge in [0.25, 0.3) is 0 Å². The number of methoxy groups -OCH3 is 1. The number of benzene rings is 1. The van der Waals surface area contributed by atoms with Gasteiger partial charge in [-0.2, -0.15) is 4.98 Å². The van der Waals surface area contributed by atoms with Crippen molar-refractivity contribution >= 4 is 17.5 Å². The summed E-state index contributed by atoms with van der Waals surface area (Å²) >= 11 is 0. The molecule has 0 bridgehead atoms. The van der Waals surface area contributed by atoms with Gasteiger partial charge in [0, 0.05) is 24.5 Å². The minimum absolute atomic E-state index is 0.590. The van der Waals surface area contributed by atoms with Crippen molar-refractivity contribution in [2.24, 2.45) is 0 Å². The molecule has 23 heavy (non-hydrogen) atoms. The van der Waals surface area contributed by atoms with E-state index in [4.69, 9.17) is 9.72 Å². The average molecular weight is 312 g/mol. The van der Waals surface area contributed by atoms with Crippen LogP contribution in [0.5, 0.6) is 5.75 Å². The maximum atomic E-state index is 5.18. The van der Waals surface area contributed by atoms with E-state index in [1.54, 1.807) is 7.11 Å². The van der Waals surface area contributed by atoms with Gasteiger partial charge < -0.3 is 15.0 Å². The Kier molecular flexibility index (Phi) is 4.95. The molecule has 1 unspecified atom stereocenters. The molecule has 1 aromatic carbocycles. The van der Waals surface area contributed by atoms with Gasteiger partial charge >= 0.3 is 0 Å². The quantitative estimate of drug-likeness (QED) is 0.904. The van der Waals surface area contributed by atoms with Crippen molar-refractivity contribution in [3.63, 3.8) is 0 Å². The summed E-state index contributed by atoms with van der Waals surface area (Å²) in [4.78, 5) is 11.5. The van der Waals surface area contributed by atoms with Crippen LogP contribution in [0.2, 0.25) is 0 Å². The summed E-state index contributed by atoms with van der Waals surface area (Å²) in [5, 5.41) is 3.26. The lowest BCUT2D eigenvalue weighted by Crippen LogP contribution is -2.39. The van der Waals surface area contributed by atoms with Crippen molar-refractivity contribution in [3.8, 4) is 5.75 Å². The molecule has 0 spiro atoms. The average Bonchev–Trinajstić information content (AvgIpc) is 2.62. The molecule has 1 fully saturated rings. The molecule has 1 saturated heterocycles. The van der Waals surface area contributed by atoms with Gasteiger partial charge in [-0.3, -0.25) is 0 Å². The first-order valence-corrected chi connectivity index (χ1v) is 8.31. The van der Waals surface area contributed by atoms with Crippen LogP contribution in [0.1, 0.15) is 32.6 Å². The topological polar surface area (TPSA) is 50.3 Å². The predicted molar refractivity (Wildman–Crippen MR) is 93.6 cm³/mol. The Morgan fingerprint density at radius 3 is 2.78 bits per heavy atom. The highest BCUT2D eigenvalue weighted by atomic mass is 16.5. The van der Waals surface area contributed by atoms with Crippen LogP contribution in [-0.4, -0.2) is 29.7 Å². The third kappa shape index (κ3) is 3.73. The maximum Gasteiger partial charge on any atom is 0.229 e. The van der Waals surface area contributed by atoms with E-state index in [2.05, 4.69) is 22.1 Å². The summed E-state index contributed by atoms with van der Waals surface area (Å²) < 4.78 is 5.18. The Balaban J connectivity index is 1.76. The number of ether oxygens (including phenoxy) is 1. The summed E-state index contributed by atoms with van der Waals surface area (Å²) in [6.45, 7) is 3.33. The molecule has 0 amide bonds. The maximum absolute atomic E-state index is 5.18. The zero-order valence-electron chi connectivity index (χ0n) is 13.8. The lowest BCUT2D eigenvalue weighted by atomic mass is 10.0. The molecule has 1 atom stereocenters. The number of hydrogen-bond acceptors (Lipinski definition) is 5. The van der Waals surface area contributed by atoms with E-state index in [0.29, 0.717) is 12.0 Å². The number of nitrogens with zero attached hydrogens (tertiary/aromatic N) is 3. The highest BCUT2D eigenvalue weighted by Gasteiger charge is 2.22. The summed E-state index contributed by atoms with van der Waals surface area (Å²) in [5.74, 6) is 2.49. The number of nitrogens with one attached hydrogen (secondary N) is 1. The van der Waals surface area contributed by atoms with Crippen LogP contribution in [-0.2, 0) is 0 Å². The second-order valence-corrected chi connectivity index (χ2v) is 5.84. The fourth-order valence-electron chi connectivity index (χ4n) is 3.10. The van der Waals surface area contributed by atoms with Crippen LogP contribution in [0.25, 0.3) is 0 Å². The highest BCUT2D eigenvalue weighted by molar-refractivity contribution is 5.56. The second kappa shape index (κ2) is 7.31. The van der Waals surface area contributed by atoms with E-state index in [9.17, 15) is 0 Å². The van der Waals surface area contributed by atoms with Gasteiger partial charge in [-0.25, -0.2) is 4.98 Å². The van der Waals surface area contributed by atoms with Gasteiger partial charge in [0.2, 0.25) is 5.95 Å². The summed E-state index contributed by atoms with van der Waals surface area (Å²) in [5.41, 5.74) is 0.952. The van der Waals surface area contributed by atoms with Crippen molar-refractivity contribution in [3.05, 3.63) is 36.5 Å². The standard InChI is InChI=1S/C18H24N4O/c1-3-15-6-4-5-13-22(15)17-11-12-19-18(21-17)20-14-7-9-16(23-2)10-8-14/h7-12,15H,3-6,13H2,1-2H3,(H,19,20,21). The first kappa shape index (κ1) is 15.6. The van der Waals surface area contributed by atoms with E-state index in [1.165, 1.54) is 19.3 Å². The number of rotatable bonds is 5. The number of hydrogen-bond donors (Lipinski definition) is 1. The summed E-state index contributed by atoms with van der Waals surface area (Å²) in [6.07, 6.45) is 6.79. The first-order valence-electron chi connectivity index (χ1n) is 8.31. The van der Waals surface area contributed by atoms with Crippen molar-refractivity contribution in [1.29, 1.82) is 0 Å². The Bertz CT molecular complexity index is 629. The van der Waals surface area contributed by atoms with E-state index in [-0.39, 0.29) is 0 Å². The molecule has 1 aliphatic heterocycles. The Labute approximate surface area is 137 Å². The zero-order chi connectivity index (χ0) is 16.1. The molecule has 2 aromatic rings. The lowest BCUT2D eigenvalue weighted by Gasteiger charge is -2.36. The van der Waals surface area contributed by atoms with Crippen LogP contribution in [0.4, 0.5) is 17.5 Å². The van der Waals surface area contributed by atoms with Crippen LogP contribution < -0.4 is 15.0 Å². The second-order valence-electron chi connectivity index (χ2n) is 5.84. The Hall–Kier alpha value is -2.30. The Morgan fingerprint density at radius 1 is 1.22 bits per heavy atom. The lowest BCUT2D eigenvalue weighted by molar-refractivity contribution is 0.415. The first-order chi connectivity index (χ1) is 11.3. The van der Waals surface area contributed by atoms with Gasteiger partial charge in [-0.1, -0.05) is 6.92 Å². The van der Waals surface area contributed by atoms with Crippen molar-refractivity contribution in [2.75, 3.05) is 23.9 Å². The molecule has 1 N–H and O–H groups in total. The molecule has 5 nitrogen and oxygen atoms in total. The largest absolute Gasteiger partial charge is 0.497 e. The van der Waals surface area contributed by atoms with Gasteiger partial charge in [0.1, 0.15) is 11.6 Å². The molecule has 5 heteroatoms. The minimum atomic E-state index is 0.590. The molecule has 122 valence electrons. The third-order valence-electron chi connectivity index (χ3n) is 4.38. The van der Waals surface area contributed by atoms with Gasteiger partial charge in [0.05, 0.1) is 7.11 Å². The molecule has 3 rings (SSSR count). The van der Waals surface area contributed by atoms with E-state index in [1.807, 2.05) is 36.5 Å². The summed E-state index contributed by atoms with van der Waals surface area (Å²) in [6, 6.07) is 10.4. The molecule has 0 saturated carbocycles. The molecule has 0 radical (unpaired) electrons. The van der Waals surface area contributed by atoms with Crippen molar-refractivity contribution in [1.82, 2.24) is 9.97 Å². The van der Waals surface area contributed by atoms with Gasteiger partial charge in [-0.15, -0.1) is 0 Å². The molecule has 1 aromatic heterocycles. The van der Waals surface area contributed by atoms with Crippen molar-refractivity contribution in [2.45, 2.75) is 38.6 Å².